The van der Waals surface area contributed by atoms with E-state index in [9.17, 15) is 0 Å². The van der Waals surface area contributed by atoms with Crippen LogP contribution < -0.4 is 10.5 Å². The second-order valence-corrected chi connectivity index (χ2v) is 5.23. The van der Waals surface area contributed by atoms with Crippen LogP contribution in [0.4, 0.5) is 0 Å². The van der Waals surface area contributed by atoms with E-state index in [4.69, 9.17) is 10.5 Å². The Bertz CT molecular complexity index is 699. The maximum Gasteiger partial charge on any atom is 0.119 e. The number of ether oxygens (including phenoxy) is 1. The molecule has 3 heteroatoms. The minimum absolute atomic E-state index is 0. The molecule has 3 rings (SSSR count). The Hall–Kier alpha value is -2.29. The van der Waals surface area contributed by atoms with Crippen molar-refractivity contribution in [1.82, 2.24) is 0 Å². The largest absolute Gasteiger partial charge is 0.489 e. The van der Waals surface area contributed by atoms with Gasteiger partial charge in [-0.25, -0.2) is 0 Å². The first-order chi connectivity index (χ1) is 10.8. The van der Waals surface area contributed by atoms with Gasteiger partial charge in [0.05, 0.1) is 6.04 Å². The molecule has 2 nitrogen and oxygen atoms in total. The minimum atomic E-state index is -0.107. The highest BCUT2D eigenvalue weighted by molar-refractivity contribution is 5.85. The lowest BCUT2D eigenvalue weighted by Gasteiger charge is -2.13. The summed E-state index contributed by atoms with van der Waals surface area (Å²) in [5.74, 6) is 0.855. The van der Waals surface area contributed by atoms with E-state index < -0.39 is 0 Å². The molecule has 1 atom stereocenters. The number of hydrogen-bond donors (Lipinski definition) is 1. The lowest BCUT2D eigenvalue weighted by Crippen LogP contribution is -2.11. The summed E-state index contributed by atoms with van der Waals surface area (Å²) in [4.78, 5) is 0. The Morgan fingerprint density at radius 3 is 1.83 bits per heavy atom. The number of benzene rings is 3. The summed E-state index contributed by atoms with van der Waals surface area (Å²) in [5, 5.41) is 0. The number of hydrogen-bond acceptors (Lipinski definition) is 2. The minimum Gasteiger partial charge on any atom is -0.489 e. The quantitative estimate of drug-likeness (QED) is 0.735. The van der Waals surface area contributed by atoms with Gasteiger partial charge in [-0.2, -0.15) is 0 Å². The van der Waals surface area contributed by atoms with Crippen molar-refractivity contribution in [3.05, 3.63) is 102 Å². The van der Waals surface area contributed by atoms with Crippen LogP contribution in [0.1, 0.15) is 22.7 Å². The van der Waals surface area contributed by atoms with Crippen molar-refractivity contribution in [3.63, 3.8) is 0 Å². The molecule has 1 unspecified atom stereocenters. The zero-order valence-corrected chi connectivity index (χ0v) is 13.6. The van der Waals surface area contributed by atoms with Gasteiger partial charge in [-0.05, 0) is 28.8 Å². The molecule has 23 heavy (non-hydrogen) atoms. The second-order valence-electron chi connectivity index (χ2n) is 5.23. The molecule has 3 aromatic carbocycles. The molecule has 0 amide bonds. The summed E-state index contributed by atoms with van der Waals surface area (Å²) in [7, 11) is 0. The number of halogens is 1. The first-order valence-electron chi connectivity index (χ1n) is 7.40. The highest BCUT2D eigenvalue weighted by atomic mass is 35.5. The number of rotatable bonds is 5. The first kappa shape index (κ1) is 17.1. The van der Waals surface area contributed by atoms with Crippen LogP contribution in [0, 0.1) is 0 Å². The summed E-state index contributed by atoms with van der Waals surface area (Å²) < 4.78 is 5.79. The Kier molecular flexibility index (Phi) is 6.21. The van der Waals surface area contributed by atoms with Gasteiger partial charge in [-0.15, -0.1) is 12.4 Å². The highest BCUT2D eigenvalue weighted by Crippen LogP contribution is 2.22. The van der Waals surface area contributed by atoms with Crippen molar-refractivity contribution in [2.45, 2.75) is 12.6 Å². The fourth-order valence-electron chi connectivity index (χ4n) is 2.37. The molecule has 0 aliphatic heterocycles. The average Bonchev–Trinajstić information content (AvgIpc) is 2.61. The van der Waals surface area contributed by atoms with Crippen molar-refractivity contribution in [3.8, 4) is 5.75 Å². The van der Waals surface area contributed by atoms with E-state index in [2.05, 4.69) is 12.1 Å². The van der Waals surface area contributed by atoms with Crippen molar-refractivity contribution >= 4 is 12.4 Å². The van der Waals surface area contributed by atoms with Gasteiger partial charge in [-0.3, -0.25) is 0 Å². The van der Waals surface area contributed by atoms with Crippen LogP contribution in [-0.4, -0.2) is 0 Å². The summed E-state index contributed by atoms with van der Waals surface area (Å²) >= 11 is 0. The molecule has 3 aromatic rings. The Labute approximate surface area is 143 Å². The molecule has 118 valence electrons. The molecule has 0 spiro atoms. The predicted molar refractivity (Wildman–Crippen MR) is 96.9 cm³/mol. The van der Waals surface area contributed by atoms with Gasteiger partial charge in [0, 0.05) is 0 Å². The normalized spacial score (nSPS) is 11.3. The Morgan fingerprint density at radius 2 is 1.22 bits per heavy atom. The van der Waals surface area contributed by atoms with Crippen molar-refractivity contribution in [2.75, 3.05) is 0 Å². The molecular weight excluding hydrogens is 306 g/mol. The third kappa shape index (κ3) is 4.59. The van der Waals surface area contributed by atoms with Gasteiger partial charge >= 0.3 is 0 Å². The average molecular weight is 326 g/mol. The summed E-state index contributed by atoms with van der Waals surface area (Å²) in [6.45, 7) is 0.574. The van der Waals surface area contributed by atoms with Gasteiger partial charge in [0.25, 0.3) is 0 Å². The topological polar surface area (TPSA) is 35.2 Å². The van der Waals surface area contributed by atoms with E-state index in [1.807, 2.05) is 72.8 Å². The monoisotopic (exact) mass is 325 g/mol. The van der Waals surface area contributed by atoms with Gasteiger partial charge in [-0.1, -0.05) is 72.8 Å². The van der Waals surface area contributed by atoms with Gasteiger partial charge in [0.2, 0.25) is 0 Å². The van der Waals surface area contributed by atoms with Crippen LogP contribution >= 0.6 is 12.4 Å². The summed E-state index contributed by atoms with van der Waals surface area (Å²) in [6.07, 6.45) is 0. The molecule has 0 aliphatic rings. The van der Waals surface area contributed by atoms with Gasteiger partial charge < -0.3 is 10.5 Å². The molecule has 0 aliphatic carbocycles. The standard InChI is InChI=1S/C20H19NO.ClH/c21-20(17-9-5-2-6-10-17)18-11-13-19(14-12-18)22-15-16-7-3-1-4-8-16;/h1-14,20H,15,21H2;1H. The van der Waals surface area contributed by atoms with Crippen LogP contribution in [0.2, 0.25) is 0 Å². The van der Waals surface area contributed by atoms with E-state index >= 15 is 0 Å². The maximum atomic E-state index is 6.29. The molecular formula is C20H20ClNO. The van der Waals surface area contributed by atoms with E-state index in [-0.39, 0.29) is 18.4 Å². The van der Waals surface area contributed by atoms with Crippen LogP contribution in [-0.2, 0) is 6.61 Å². The lowest BCUT2D eigenvalue weighted by atomic mass is 10.00. The van der Waals surface area contributed by atoms with Crippen molar-refractivity contribution in [1.29, 1.82) is 0 Å². The fraction of sp³-hybridized carbons (Fsp3) is 0.100. The zero-order chi connectivity index (χ0) is 15.2. The van der Waals surface area contributed by atoms with E-state index in [1.165, 1.54) is 0 Å². The van der Waals surface area contributed by atoms with Crippen molar-refractivity contribution < 1.29 is 4.74 Å². The van der Waals surface area contributed by atoms with Crippen LogP contribution in [0.25, 0.3) is 0 Å². The molecule has 0 aromatic heterocycles. The van der Waals surface area contributed by atoms with E-state index in [0.717, 1.165) is 22.4 Å². The van der Waals surface area contributed by atoms with Crippen LogP contribution in [0.5, 0.6) is 5.75 Å². The molecule has 0 heterocycles. The van der Waals surface area contributed by atoms with Gasteiger partial charge in [0.15, 0.2) is 0 Å². The Balaban J connectivity index is 0.00000192. The zero-order valence-electron chi connectivity index (χ0n) is 12.8. The first-order valence-corrected chi connectivity index (χ1v) is 7.40. The fourth-order valence-corrected chi connectivity index (χ4v) is 2.37. The second kappa shape index (κ2) is 8.37. The maximum absolute atomic E-state index is 6.29. The third-order valence-corrected chi connectivity index (χ3v) is 3.65. The van der Waals surface area contributed by atoms with E-state index in [1.54, 1.807) is 0 Å². The Morgan fingerprint density at radius 1 is 0.696 bits per heavy atom. The van der Waals surface area contributed by atoms with Crippen LogP contribution in [0.15, 0.2) is 84.9 Å². The summed E-state index contributed by atoms with van der Waals surface area (Å²) in [5.41, 5.74) is 9.64. The van der Waals surface area contributed by atoms with E-state index in [0.29, 0.717) is 6.61 Å². The predicted octanol–water partition coefficient (Wildman–Crippen LogP) is 4.74. The molecule has 0 radical (unpaired) electrons. The lowest BCUT2D eigenvalue weighted by molar-refractivity contribution is 0.306. The van der Waals surface area contributed by atoms with Crippen LogP contribution in [0.3, 0.4) is 0 Å². The number of nitrogens with two attached hydrogens (primary N) is 1. The molecule has 0 saturated carbocycles. The molecule has 2 N–H and O–H groups in total. The molecule has 0 saturated heterocycles. The SMILES string of the molecule is Cl.NC(c1ccccc1)c1ccc(OCc2ccccc2)cc1. The smallest absolute Gasteiger partial charge is 0.119 e. The summed E-state index contributed by atoms with van der Waals surface area (Å²) in [6, 6.07) is 28.1. The molecule has 0 fully saturated rings. The highest BCUT2D eigenvalue weighted by Gasteiger charge is 2.08. The third-order valence-electron chi connectivity index (χ3n) is 3.65. The van der Waals surface area contributed by atoms with Crippen molar-refractivity contribution in [2.24, 2.45) is 5.73 Å². The van der Waals surface area contributed by atoms with Gasteiger partial charge in [0.1, 0.15) is 12.4 Å². The molecule has 0 bridgehead atoms.